The second-order valence-electron chi connectivity index (χ2n) is 7.48. The summed E-state index contributed by atoms with van der Waals surface area (Å²) in [7, 11) is 0. The van der Waals surface area contributed by atoms with Crippen LogP contribution < -0.4 is 0 Å². The van der Waals surface area contributed by atoms with Gasteiger partial charge in [-0.15, -0.1) is 0 Å². The predicted molar refractivity (Wildman–Crippen MR) is 107 cm³/mol. The summed E-state index contributed by atoms with van der Waals surface area (Å²) >= 11 is 0. The van der Waals surface area contributed by atoms with E-state index in [4.69, 9.17) is 0 Å². The summed E-state index contributed by atoms with van der Waals surface area (Å²) in [5, 5.41) is 4.40. The van der Waals surface area contributed by atoms with Gasteiger partial charge in [0.05, 0.1) is 22.5 Å². The van der Waals surface area contributed by atoms with E-state index in [0.29, 0.717) is 5.69 Å². The zero-order valence-electron chi connectivity index (χ0n) is 17.3. The lowest BCUT2D eigenvalue weighted by molar-refractivity contribution is -0.143. The van der Waals surface area contributed by atoms with Crippen LogP contribution in [-0.4, -0.2) is 9.78 Å². The Morgan fingerprint density at radius 1 is 0.806 bits per heavy atom. The molecule has 0 bridgehead atoms. The Morgan fingerprint density at radius 3 is 1.84 bits per heavy atom. The molecule has 0 radical (unpaired) electrons. The Labute approximate surface area is 176 Å². The third-order valence-electron chi connectivity index (χ3n) is 5.35. The Balaban J connectivity index is 2.24. The number of halogens is 6. The highest BCUT2D eigenvalue weighted by Crippen LogP contribution is 2.40. The molecule has 0 aliphatic rings. The van der Waals surface area contributed by atoms with Crippen molar-refractivity contribution in [3.63, 3.8) is 0 Å². The van der Waals surface area contributed by atoms with Crippen molar-refractivity contribution >= 4 is 0 Å². The molecule has 2 nitrogen and oxygen atoms in total. The minimum absolute atomic E-state index is 0.139. The smallest absolute Gasteiger partial charge is 0.240 e. The van der Waals surface area contributed by atoms with E-state index in [9.17, 15) is 26.3 Å². The van der Waals surface area contributed by atoms with E-state index < -0.39 is 23.5 Å². The molecule has 2 aromatic carbocycles. The second-order valence-corrected chi connectivity index (χ2v) is 7.48. The van der Waals surface area contributed by atoms with Crippen molar-refractivity contribution in [1.82, 2.24) is 9.78 Å². The number of nitrogens with zero attached hydrogens (tertiary/aromatic N) is 2. The van der Waals surface area contributed by atoms with E-state index in [2.05, 4.69) is 5.10 Å². The topological polar surface area (TPSA) is 17.8 Å². The van der Waals surface area contributed by atoms with Gasteiger partial charge in [0.2, 0.25) is 0 Å². The van der Waals surface area contributed by atoms with Gasteiger partial charge in [0.25, 0.3) is 0 Å². The summed E-state index contributed by atoms with van der Waals surface area (Å²) in [4.78, 5) is 0. The first kappa shape index (κ1) is 22.9. The van der Waals surface area contributed by atoms with Crippen LogP contribution in [0.4, 0.5) is 26.3 Å². The molecule has 31 heavy (non-hydrogen) atoms. The van der Waals surface area contributed by atoms with Crippen LogP contribution in [-0.2, 0) is 12.4 Å². The van der Waals surface area contributed by atoms with Crippen molar-refractivity contribution in [3.8, 4) is 16.8 Å². The van der Waals surface area contributed by atoms with Crippen LogP contribution >= 0.6 is 0 Å². The molecule has 8 heteroatoms. The van der Waals surface area contributed by atoms with Crippen LogP contribution in [0.15, 0.2) is 48.7 Å². The van der Waals surface area contributed by atoms with E-state index in [-0.39, 0.29) is 23.1 Å². The number of benzene rings is 2. The quantitative estimate of drug-likeness (QED) is 0.370. The molecule has 0 spiro atoms. The first-order valence-electron chi connectivity index (χ1n) is 9.90. The van der Waals surface area contributed by atoms with Crippen molar-refractivity contribution in [2.24, 2.45) is 0 Å². The number of aryl methyl sites for hydroxylation is 1. The van der Waals surface area contributed by atoms with Gasteiger partial charge in [-0.1, -0.05) is 26.0 Å². The minimum Gasteiger partial charge on any atom is -0.240 e. The maximum absolute atomic E-state index is 13.3. The molecule has 0 N–H and O–H groups in total. The maximum Gasteiger partial charge on any atom is 0.416 e. The summed E-state index contributed by atoms with van der Waals surface area (Å²) in [5.74, 6) is 0.181. The number of hydrogen-bond acceptors (Lipinski definition) is 1. The molecule has 0 aliphatic heterocycles. The van der Waals surface area contributed by atoms with Crippen molar-refractivity contribution < 1.29 is 26.3 Å². The van der Waals surface area contributed by atoms with Crippen molar-refractivity contribution in [3.05, 3.63) is 71.0 Å². The third-order valence-corrected chi connectivity index (χ3v) is 5.35. The first-order chi connectivity index (χ1) is 14.4. The Kier molecular flexibility index (Phi) is 6.21. The molecule has 0 fully saturated rings. The van der Waals surface area contributed by atoms with Crippen LogP contribution in [0.2, 0.25) is 0 Å². The molecule has 0 amide bonds. The zero-order valence-corrected chi connectivity index (χ0v) is 17.3. The highest BCUT2D eigenvalue weighted by molar-refractivity contribution is 5.69. The minimum atomic E-state index is -4.90. The largest absolute Gasteiger partial charge is 0.416 e. The van der Waals surface area contributed by atoms with E-state index in [0.717, 1.165) is 36.2 Å². The average molecular weight is 440 g/mol. The van der Waals surface area contributed by atoms with Gasteiger partial charge in [-0.2, -0.15) is 31.4 Å². The normalized spacial score (nSPS) is 12.6. The van der Waals surface area contributed by atoms with Crippen LogP contribution in [0.1, 0.15) is 55.0 Å². The molecule has 166 valence electrons. The van der Waals surface area contributed by atoms with Gasteiger partial charge < -0.3 is 0 Å². The van der Waals surface area contributed by atoms with Crippen molar-refractivity contribution in [2.45, 2.75) is 51.9 Å². The van der Waals surface area contributed by atoms with Gasteiger partial charge in [-0.05, 0) is 72.7 Å². The summed E-state index contributed by atoms with van der Waals surface area (Å²) in [6.07, 6.45) is -6.38. The molecule has 0 atom stereocenters. The van der Waals surface area contributed by atoms with Gasteiger partial charge in [0, 0.05) is 6.20 Å². The van der Waals surface area contributed by atoms with Gasteiger partial charge >= 0.3 is 12.4 Å². The number of aromatic nitrogens is 2. The predicted octanol–water partition coefficient (Wildman–Crippen LogP) is 7.79. The number of alkyl halides is 6. The van der Waals surface area contributed by atoms with E-state index in [1.165, 1.54) is 0 Å². The van der Waals surface area contributed by atoms with Gasteiger partial charge in [0.1, 0.15) is 0 Å². The monoisotopic (exact) mass is 440 g/mol. The fraction of sp³-hybridized carbons (Fsp3) is 0.348. The highest BCUT2D eigenvalue weighted by Gasteiger charge is 2.37. The van der Waals surface area contributed by atoms with E-state index in [1.807, 2.05) is 13.8 Å². The molecular formula is C23H22F6N2. The molecule has 3 aromatic rings. The summed E-state index contributed by atoms with van der Waals surface area (Å²) in [6.45, 7) is 5.87. The highest BCUT2D eigenvalue weighted by atomic mass is 19.4. The van der Waals surface area contributed by atoms with Gasteiger partial charge in [-0.25, -0.2) is 4.68 Å². The van der Waals surface area contributed by atoms with E-state index in [1.54, 1.807) is 42.1 Å². The fourth-order valence-electron chi connectivity index (χ4n) is 3.67. The third kappa shape index (κ3) is 4.94. The standard InChI is InChI=1S/C23H22F6N2/c1-4-15(5-2)20-7-6-16(12-21(20)31-9-8-14(3)30-31)17-10-18(22(24,25)26)13-19(11-17)23(27,28)29/h6-13,15H,4-5H2,1-3H3. The summed E-state index contributed by atoms with van der Waals surface area (Å²) in [6, 6.07) is 8.37. The Morgan fingerprint density at radius 2 is 1.39 bits per heavy atom. The molecule has 0 aliphatic carbocycles. The van der Waals surface area contributed by atoms with Gasteiger partial charge in [-0.3, -0.25) is 0 Å². The molecule has 1 heterocycles. The number of hydrogen-bond donors (Lipinski definition) is 0. The molecule has 0 saturated heterocycles. The van der Waals surface area contributed by atoms with Crippen LogP contribution in [0, 0.1) is 6.92 Å². The SMILES string of the molecule is CCC(CC)c1ccc(-c2cc(C(F)(F)F)cc(C(F)(F)F)c2)cc1-n1ccc(C)n1. The van der Waals surface area contributed by atoms with Crippen LogP contribution in [0.5, 0.6) is 0 Å². The number of rotatable bonds is 5. The average Bonchev–Trinajstić information content (AvgIpc) is 3.13. The van der Waals surface area contributed by atoms with Crippen LogP contribution in [0.25, 0.3) is 16.8 Å². The van der Waals surface area contributed by atoms with E-state index >= 15 is 0 Å². The molecule has 3 rings (SSSR count). The van der Waals surface area contributed by atoms with Gasteiger partial charge in [0.15, 0.2) is 0 Å². The van der Waals surface area contributed by atoms with Crippen molar-refractivity contribution in [2.75, 3.05) is 0 Å². The molecule has 0 unspecified atom stereocenters. The molecular weight excluding hydrogens is 418 g/mol. The lowest BCUT2D eigenvalue weighted by Gasteiger charge is -2.20. The summed E-state index contributed by atoms with van der Waals surface area (Å²) in [5.41, 5.74) is -0.224. The lowest BCUT2D eigenvalue weighted by atomic mass is 9.90. The van der Waals surface area contributed by atoms with Crippen molar-refractivity contribution in [1.29, 1.82) is 0 Å². The van der Waals surface area contributed by atoms with Crippen LogP contribution in [0.3, 0.4) is 0 Å². The Hall–Kier alpha value is -2.77. The second kappa shape index (κ2) is 8.40. The lowest BCUT2D eigenvalue weighted by Crippen LogP contribution is -2.11. The Bertz CT molecular complexity index is 1030. The fourth-order valence-corrected chi connectivity index (χ4v) is 3.67. The first-order valence-corrected chi connectivity index (χ1v) is 9.90. The zero-order chi connectivity index (χ0) is 23.0. The maximum atomic E-state index is 13.3. The summed E-state index contributed by atoms with van der Waals surface area (Å²) < 4.78 is 81.3. The molecule has 1 aromatic heterocycles. The molecule has 0 saturated carbocycles.